The number of ether oxygens (including phenoxy) is 2. The van der Waals surface area contributed by atoms with Crippen LogP contribution in [-0.2, 0) is 22.6 Å². The molecule has 7 nitrogen and oxygen atoms in total. The molecule has 0 spiro atoms. The van der Waals surface area contributed by atoms with Gasteiger partial charge in [0, 0.05) is 18.7 Å². The highest BCUT2D eigenvalue weighted by molar-refractivity contribution is 5.97. The van der Waals surface area contributed by atoms with Crippen LogP contribution >= 0.6 is 0 Å². The van der Waals surface area contributed by atoms with Crippen molar-refractivity contribution < 1.29 is 28.6 Å². The van der Waals surface area contributed by atoms with E-state index >= 15 is 0 Å². The summed E-state index contributed by atoms with van der Waals surface area (Å²) in [6.07, 6.45) is 1.72. The molecule has 0 saturated heterocycles. The predicted molar refractivity (Wildman–Crippen MR) is 94.4 cm³/mol. The van der Waals surface area contributed by atoms with Crippen molar-refractivity contribution >= 4 is 11.9 Å². The van der Waals surface area contributed by atoms with Crippen LogP contribution in [0.15, 0.2) is 34.9 Å². The number of benzene rings is 1. The van der Waals surface area contributed by atoms with Crippen molar-refractivity contribution in [1.82, 2.24) is 5.32 Å². The molecule has 0 unspecified atom stereocenters. The van der Waals surface area contributed by atoms with Gasteiger partial charge in [-0.05, 0) is 31.0 Å². The third kappa shape index (κ3) is 5.63. The van der Waals surface area contributed by atoms with Crippen LogP contribution in [0.25, 0.3) is 0 Å². The molecule has 0 radical (unpaired) electrons. The number of carboxylic acid groups (broad SMARTS) is 1. The summed E-state index contributed by atoms with van der Waals surface area (Å²) in [7, 11) is 1.62. The molecule has 0 atom stereocenters. The minimum atomic E-state index is -1.04. The minimum absolute atomic E-state index is 0.170. The van der Waals surface area contributed by atoms with Crippen molar-refractivity contribution in [1.29, 1.82) is 0 Å². The molecule has 26 heavy (non-hydrogen) atoms. The summed E-state index contributed by atoms with van der Waals surface area (Å²) < 4.78 is 15.8. The molecule has 0 saturated carbocycles. The first-order chi connectivity index (χ1) is 12.5. The van der Waals surface area contributed by atoms with Crippen molar-refractivity contribution in [2.24, 2.45) is 0 Å². The van der Waals surface area contributed by atoms with Gasteiger partial charge in [-0.2, -0.15) is 0 Å². The summed E-state index contributed by atoms with van der Waals surface area (Å²) in [4.78, 5) is 23.0. The monoisotopic (exact) mass is 361 g/mol. The third-order valence-corrected chi connectivity index (χ3v) is 3.77. The van der Waals surface area contributed by atoms with Gasteiger partial charge in [-0.1, -0.05) is 12.1 Å². The van der Waals surface area contributed by atoms with Gasteiger partial charge in [0.05, 0.1) is 25.5 Å². The quantitative estimate of drug-likeness (QED) is 0.631. The van der Waals surface area contributed by atoms with E-state index in [4.69, 9.17) is 19.0 Å². The Bertz CT molecular complexity index is 735. The van der Waals surface area contributed by atoms with E-state index < -0.39 is 5.97 Å². The maximum absolute atomic E-state index is 12.2. The lowest BCUT2D eigenvalue weighted by atomic mass is 10.1. The Kier molecular flexibility index (Phi) is 7.23. The number of carbonyl (C=O) groups is 2. The normalized spacial score (nSPS) is 10.5. The maximum atomic E-state index is 12.2. The molecule has 1 aromatic heterocycles. The fourth-order valence-electron chi connectivity index (χ4n) is 2.45. The Balaban J connectivity index is 1.70. The zero-order valence-electron chi connectivity index (χ0n) is 14.9. The zero-order chi connectivity index (χ0) is 18.9. The topological polar surface area (TPSA) is 98.0 Å². The highest BCUT2D eigenvalue weighted by Crippen LogP contribution is 2.17. The standard InChI is InChI=1S/C19H23NO6/c1-13-11-26-16(10-17(21)22)18(13)19(23)20-8-3-9-25-12-14-4-6-15(24-2)7-5-14/h4-7,11H,3,8-10,12H2,1-2H3,(H,20,23)(H,21,22). The fraction of sp³-hybridized carbons (Fsp3) is 0.368. The number of hydrogen-bond acceptors (Lipinski definition) is 5. The van der Waals surface area contributed by atoms with E-state index in [2.05, 4.69) is 5.32 Å². The predicted octanol–water partition coefficient (Wildman–Crippen LogP) is 2.56. The van der Waals surface area contributed by atoms with Crippen molar-refractivity contribution in [2.75, 3.05) is 20.3 Å². The second-order valence-corrected chi connectivity index (χ2v) is 5.80. The van der Waals surface area contributed by atoms with Crippen LogP contribution in [0, 0.1) is 6.92 Å². The number of methoxy groups -OCH3 is 1. The first kappa shape index (κ1) is 19.5. The van der Waals surface area contributed by atoms with E-state index in [-0.39, 0.29) is 18.1 Å². The Morgan fingerprint density at radius 1 is 1.23 bits per heavy atom. The summed E-state index contributed by atoms with van der Waals surface area (Å²) in [6.45, 7) is 3.13. The average molecular weight is 361 g/mol. The fourth-order valence-corrected chi connectivity index (χ4v) is 2.45. The molecule has 7 heteroatoms. The summed E-state index contributed by atoms with van der Waals surface area (Å²) in [6, 6.07) is 7.63. The summed E-state index contributed by atoms with van der Waals surface area (Å²) >= 11 is 0. The van der Waals surface area contributed by atoms with Crippen LogP contribution in [0.5, 0.6) is 5.75 Å². The number of hydrogen-bond donors (Lipinski definition) is 2. The second-order valence-electron chi connectivity index (χ2n) is 5.80. The first-order valence-electron chi connectivity index (χ1n) is 8.29. The van der Waals surface area contributed by atoms with Crippen molar-refractivity contribution in [3.8, 4) is 5.75 Å². The van der Waals surface area contributed by atoms with E-state index in [1.165, 1.54) is 6.26 Å². The number of amides is 1. The zero-order valence-corrected chi connectivity index (χ0v) is 14.9. The Morgan fingerprint density at radius 2 is 1.96 bits per heavy atom. The van der Waals surface area contributed by atoms with Gasteiger partial charge in [-0.25, -0.2) is 0 Å². The third-order valence-electron chi connectivity index (χ3n) is 3.77. The largest absolute Gasteiger partial charge is 0.497 e. The summed E-state index contributed by atoms with van der Waals surface area (Å²) in [5, 5.41) is 11.6. The molecule has 140 valence electrons. The van der Waals surface area contributed by atoms with Crippen LogP contribution in [0.1, 0.15) is 33.7 Å². The lowest BCUT2D eigenvalue weighted by Crippen LogP contribution is -2.26. The Hall–Kier alpha value is -2.80. The van der Waals surface area contributed by atoms with Crippen LogP contribution in [0.3, 0.4) is 0 Å². The van der Waals surface area contributed by atoms with E-state index in [9.17, 15) is 9.59 Å². The van der Waals surface area contributed by atoms with Crippen LogP contribution in [-0.4, -0.2) is 37.2 Å². The molecular formula is C19H23NO6. The van der Waals surface area contributed by atoms with Gasteiger partial charge >= 0.3 is 5.97 Å². The Morgan fingerprint density at radius 3 is 2.62 bits per heavy atom. The van der Waals surface area contributed by atoms with Gasteiger partial charge in [-0.3, -0.25) is 9.59 Å². The van der Waals surface area contributed by atoms with E-state index in [0.717, 1.165) is 11.3 Å². The molecule has 1 aromatic carbocycles. The number of carbonyl (C=O) groups excluding carboxylic acids is 1. The van der Waals surface area contributed by atoms with Crippen LogP contribution in [0.4, 0.5) is 0 Å². The van der Waals surface area contributed by atoms with Gasteiger partial charge < -0.3 is 24.3 Å². The van der Waals surface area contributed by atoms with Crippen molar-refractivity contribution in [2.45, 2.75) is 26.4 Å². The molecule has 2 rings (SSSR count). The maximum Gasteiger partial charge on any atom is 0.311 e. The molecule has 2 N–H and O–H groups in total. The number of nitrogens with one attached hydrogen (secondary N) is 1. The van der Waals surface area contributed by atoms with Gasteiger partial charge in [0.15, 0.2) is 0 Å². The molecule has 0 fully saturated rings. The molecule has 2 aromatic rings. The molecule has 0 bridgehead atoms. The number of rotatable bonds is 10. The summed E-state index contributed by atoms with van der Waals surface area (Å²) in [5.41, 5.74) is 1.96. The van der Waals surface area contributed by atoms with Gasteiger partial charge in [0.1, 0.15) is 17.9 Å². The highest BCUT2D eigenvalue weighted by atomic mass is 16.5. The smallest absolute Gasteiger partial charge is 0.311 e. The number of furan rings is 1. The highest BCUT2D eigenvalue weighted by Gasteiger charge is 2.20. The lowest BCUT2D eigenvalue weighted by Gasteiger charge is -2.07. The second kappa shape index (κ2) is 9.62. The van der Waals surface area contributed by atoms with Crippen LogP contribution < -0.4 is 10.1 Å². The molecule has 0 aliphatic heterocycles. The molecular weight excluding hydrogens is 338 g/mol. The van der Waals surface area contributed by atoms with E-state index in [1.54, 1.807) is 14.0 Å². The molecule has 0 aliphatic carbocycles. The van der Waals surface area contributed by atoms with Crippen molar-refractivity contribution in [3.63, 3.8) is 0 Å². The number of carboxylic acids is 1. The van der Waals surface area contributed by atoms with Gasteiger partial charge in [-0.15, -0.1) is 0 Å². The van der Waals surface area contributed by atoms with E-state index in [1.807, 2.05) is 24.3 Å². The average Bonchev–Trinajstić information content (AvgIpc) is 2.98. The number of aryl methyl sites for hydroxylation is 1. The summed E-state index contributed by atoms with van der Waals surface area (Å²) in [5.74, 6) is -0.403. The lowest BCUT2D eigenvalue weighted by molar-refractivity contribution is -0.136. The Labute approximate surface area is 151 Å². The number of aliphatic carboxylic acids is 1. The SMILES string of the molecule is COc1ccc(COCCCNC(=O)c2c(C)coc2CC(=O)O)cc1. The molecule has 1 heterocycles. The van der Waals surface area contributed by atoms with Gasteiger partial charge in [0.2, 0.25) is 0 Å². The first-order valence-corrected chi connectivity index (χ1v) is 8.29. The van der Waals surface area contributed by atoms with Gasteiger partial charge in [0.25, 0.3) is 5.91 Å². The minimum Gasteiger partial charge on any atom is -0.497 e. The van der Waals surface area contributed by atoms with E-state index in [0.29, 0.717) is 37.3 Å². The van der Waals surface area contributed by atoms with Crippen molar-refractivity contribution in [3.05, 3.63) is 53.0 Å². The van der Waals surface area contributed by atoms with Crippen LogP contribution in [0.2, 0.25) is 0 Å². The molecule has 0 aliphatic rings. The molecule has 1 amide bonds.